The van der Waals surface area contributed by atoms with Crippen molar-refractivity contribution in [2.45, 2.75) is 13.8 Å². The largest absolute Gasteiger partial charge is 0.372 e. The number of benzene rings is 2. The second-order valence-electron chi connectivity index (χ2n) is 6.43. The van der Waals surface area contributed by atoms with Crippen LogP contribution in [0.15, 0.2) is 55.1 Å². The standard InChI is InChI=1S/C20H21N7O4/c1-3-25(4-2)16-8-5-14(6-9-16)19(28)23-24-20(29)15-7-10-17(18(11-15)27(30)31)26-13-21-12-22-26/h5-13H,3-4H2,1-2H3,(H,23,28)(H,24,29). The van der Waals surface area contributed by atoms with Gasteiger partial charge in [0.1, 0.15) is 18.3 Å². The fourth-order valence-corrected chi connectivity index (χ4v) is 3.01. The summed E-state index contributed by atoms with van der Waals surface area (Å²) in [6, 6.07) is 10.9. The molecule has 0 aliphatic carbocycles. The minimum absolute atomic E-state index is 0.00717. The molecule has 11 nitrogen and oxygen atoms in total. The lowest BCUT2D eigenvalue weighted by Crippen LogP contribution is -2.41. The van der Waals surface area contributed by atoms with Crippen LogP contribution in [-0.4, -0.2) is 44.6 Å². The molecule has 3 rings (SSSR count). The van der Waals surface area contributed by atoms with Crippen molar-refractivity contribution < 1.29 is 14.5 Å². The Hall–Kier alpha value is -4.28. The number of rotatable bonds is 7. The van der Waals surface area contributed by atoms with Gasteiger partial charge in [-0.25, -0.2) is 9.67 Å². The number of nitro groups is 1. The first-order chi connectivity index (χ1) is 14.9. The molecule has 0 saturated heterocycles. The maximum atomic E-state index is 12.4. The highest BCUT2D eigenvalue weighted by atomic mass is 16.6. The molecule has 1 aromatic heterocycles. The first kappa shape index (κ1) is 21.4. The highest BCUT2D eigenvalue weighted by molar-refractivity contribution is 5.99. The first-order valence-electron chi connectivity index (χ1n) is 9.53. The maximum absolute atomic E-state index is 12.4. The van der Waals surface area contributed by atoms with Crippen LogP contribution in [0.5, 0.6) is 0 Å². The van der Waals surface area contributed by atoms with E-state index in [4.69, 9.17) is 0 Å². The molecule has 160 valence electrons. The van der Waals surface area contributed by atoms with Crippen LogP contribution in [0.3, 0.4) is 0 Å². The van der Waals surface area contributed by atoms with Crippen molar-refractivity contribution in [2.24, 2.45) is 0 Å². The van der Waals surface area contributed by atoms with Crippen molar-refractivity contribution in [1.29, 1.82) is 0 Å². The fraction of sp³-hybridized carbons (Fsp3) is 0.200. The predicted molar refractivity (Wildman–Crippen MR) is 113 cm³/mol. The molecule has 0 radical (unpaired) electrons. The Morgan fingerprint density at radius 2 is 1.65 bits per heavy atom. The normalized spacial score (nSPS) is 10.4. The third kappa shape index (κ3) is 4.83. The van der Waals surface area contributed by atoms with E-state index in [1.807, 2.05) is 26.0 Å². The van der Waals surface area contributed by atoms with Gasteiger partial charge in [-0.05, 0) is 50.2 Å². The van der Waals surface area contributed by atoms with Crippen molar-refractivity contribution in [3.05, 3.63) is 76.4 Å². The number of carbonyl (C=O) groups is 2. The van der Waals surface area contributed by atoms with Gasteiger partial charge in [0.2, 0.25) is 0 Å². The summed E-state index contributed by atoms with van der Waals surface area (Å²) in [6.45, 7) is 5.78. The number of carbonyl (C=O) groups excluding carboxylic acids is 2. The Balaban J connectivity index is 1.68. The Kier molecular flexibility index (Phi) is 6.55. The molecule has 0 fully saturated rings. The Labute approximate surface area is 177 Å². The van der Waals surface area contributed by atoms with Crippen LogP contribution < -0.4 is 15.8 Å². The quantitative estimate of drug-likeness (QED) is 0.439. The number of amides is 2. The van der Waals surface area contributed by atoms with Gasteiger partial charge in [-0.1, -0.05) is 0 Å². The molecule has 11 heteroatoms. The molecular formula is C20H21N7O4. The molecule has 0 bridgehead atoms. The second kappa shape index (κ2) is 9.48. The van der Waals surface area contributed by atoms with E-state index in [0.29, 0.717) is 5.56 Å². The molecule has 0 saturated carbocycles. The zero-order valence-corrected chi connectivity index (χ0v) is 17.0. The van der Waals surface area contributed by atoms with Gasteiger partial charge in [0.25, 0.3) is 17.5 Å². The van der Waals surface area contributed by atoms with Crippen LogP contribution in [0.25, 0.3) is 5.69 Å². The van der Waals surface area contributed by atoms with E-state index >= 15 is 0 Å². The summed E-state index contributed by atoms with van der Waals surface area (Å²) in [7, 11) is 0. The van der Waals surface area contributed by atoms with Crippen molar-refractivity contribution >= 4 is 23.2 Å². The summed E-state index contributed by atoms with van der Waals surface area (Å²) in [5.74, 6) is -1.20. The molecule has 2 amide bonds. The monoisotopic (exact) mass is 423 g/mol. The van der Waals surface area contributed by atoms with Gasteiger partial charge in [-0.3, -0.25) is 30.6 Å². The van der Waals surface area contributed by atoms with Gasteiger partial charge in [0, 0.05) is 36.0 Å². The van der Waals surface area contributed by atoms with Gasteiger partial charge < -0.3 is 4.90 Å². The van der Waals surface area contributed by atoms with Gasteiger partial charge in [0.05, 0.1) is 4.92 Å². The topological polar surface area (TPSA) is 135 Å². The molecule has 0 spiro atoms. The lowest BCUT2D eigenvalue weighted by atomic mass is 10.1. The van der Waals surface area contributed by atoms with Crippen molar-refractivity contribution in [3.8, 4) is 5.69 Å². The summed E-state index contributed by atoms with van der Waals surface area (Å²) in [5, 5.41) is 15.3. The van der Waals surface area contributed by atoms with Crippen LogP contribution >= 0.6 is 0 Å². The van der Waals surface area contributed by atoms with Crippen LogP contribution in [-0.2, 0) is 0 Å². The summed E-state index contributed by atoms with van der Waals surface area (Å²) in [4.78, 5) is 41.4. The van der Waals surface area contributed by atoms with Crippen molar-refractivity contribution in [3.63, 3.8) is 0 Å². The number of aromatic nitrogens is 3. The van der Waals surface area contributed by atoms with E-state index in [1.165, 1.54) is 29.5 Å². The average Bonchev–Trinajstić information content (AvgIpc) is 3.33. The van der Waals surface area contributed by atoms with Gasteiger partial charge in [0.15, 0.2) is 0 Å². The van der Waals surface area contributed by atoms with Gasteiger partial charge in [-0.2, -0.15) is 5.10 Å². The minimum Gasteiger partial charge on any atom is -0.372 e. The van der Waals surface area contributed by atoms with Crippen molar-refractivity contribution in [1.82, 2.24) is 25.6 Å². The lowest BCUT2D eigenvalue weighted by Gasteiger charge is -2.21. The predicted octanol–water partition coefficient (Wildman–Crippen LogP) is 2.10. The zero-order valence-electron chi connectivity index (χ0n) is 17.0. The Morgan fingerprint density at radius 3 is 2.19 bits per heavy atom. The molecule has 0 unspecified atom stereocenters. The van der Waals surface area contributed by atoms with Gasteiger partial charge >= 0.3 is 0 Å². The second-order valence-corrected chi connectivity index (χ2v) is 6.43. The van der Waals surface area contributed by atoms with Crippen LogP contribution in [0.1, 0.15) is 34.6 Å². The van der Waals surface area contributed by atoms with Crippen LogP contribution in [0, 0.1) is 10.1 Å². The van der Waals surface area contributed by atoms with E-state index in [2.05, 4.69) is 25.8 Å². The number of hydrazine groups is 1. The fourth-order valence-electron chi connectivity index (χ4n) is 3.01. The van der Waals surface area contributed by atoms with Gasteiger partial charge in [-0.15, -0.1) is 0 Å². The number of nitrogens with zero attached hydrogens (tertiary/aromatic N) is 5. The SMILES string of the molecule is CCN(CC)c1ccc(C(=O)NNC(=O)c2ccc(-n3cncn3)c([N+](=O)[O-])c2)cc1. The molecule has 2 N–H and O–H groups in total. The van der Waals surface area contributed by atoms with E-state index < -0.39 is 16.7 Å². The number of hydrogen-bond acceptors (Lipinski definition) is 7. The van der Waals surface area contributed by atoms with E-state index in [9.17, 15) is 19.7 Å². The molecule has 2 aromatic carbocycles. The van der Waals surface area contributed by atoms with Crippen LogP contribution in [0.4, 0.5) is 11.4 Å². The summed E-state index contributed by atoms with van der Waals surface area (Å²) < 4.78 is 1.23. The van der Waals surface area contributed by atoms with E-state index in [-0.39, 0.29) is 16.9 Å². The molecule has 1 heterocycles. The smallest absolute Gasteiger partial charge is 0.295 e. The molecule has 0 atom stereocenters. The minimum atomic E-state index is -0.693. The first-order valence-corrected chi connectivity index (χ1v) is 9.53. The highest BCUT2D eigenvalue weighted by Crippen LogP contribution is 2.23. The molecule has 3 aromatic rings. The number of nitrogens with one attached hydrogen (secondary N) is 2. The maximum Gasteiger partial charge on any atom is 0.295 e. The molecular weight excluding hydrogens is 402 g/mol. The molecule has 31 heavy (non-hydrogen) atoms. The molecule has 0 aliphatic rings. The number of nitro benzene ring substituents is 1. The zero-order chi connectivity index (χ0) is 22.4. The summed E-state index contributed by atoms with van der Waals surface area (Å²) >= 11 is 0. The van der Waals surface area contributed by atoms with E-state index in [1.54, 1.807) is 12.1 Å². The lowest BCUT2D eigenvalue weighted by molar-refractivity contribution is -0.384. The van der Waals surface area contributed by atoms with Crippen molar-refractivity contribution in [2.75, 3.05) is 18.0 Å². The number of anilines is 1. The summed E-state index contributed by atoms with van der Waals surface area (Å²) in [5.41, 5.74) is 5.79. The van der Waals surface area contributed by atoms with E-state index in [0.717, 1.165) is 24.8 Å². The highest BCUT2D eigenvalue weighted by Gasteiger charge is 2.20. The Bertz CT molecular complexity index is 1080. The average molecular weight is 423 g/mol. The third-order valence-electron chi connectivity index (χ3n) is 4.65. The number of hydrogen-bond donors (Lipinski definition) is 2. The third-order valence-corrected chi connectivity index (χ3v) is 4.65. The summed E-state index contributed by atoms with van der Waals surface area (Å²) in [6.07, 6.45) is 2.56. The van der Waals surface area contributed by atoms with Crippen LogP contribution in [0.2, 0.25) is 0 Å². The Morgan fingerprint density at radius 1 is 1.03 bits per heavy atom. The molecule has 0 aliphatic heterocycles.